The third kappa shape index (κ3) is 5.48. The Morgan fingerprint density at radius 3 is 2.26 bits per heavy atom. The molecule has 0 radical (unpaired) electrons. The molecule has 2 amide bonds. The first-order valence-corrected chi connectivity index (χ1v) is 13.0. The van der Waals surface area contributed by atoms with E-state index < -0.39 is 11.7 Å². The SMILES string of the molecule is CCc1ccc(N2CCN(C)CC2)c2c1CCN(C(=O)Nc1ccc(-c3ccc(C(F)(F)F)cc3)cn1)C2. The number of nitrogens with one attached hydrogen (secondary N) is 1. The number of carbonyl (C=O) groups excluding carboxylic acids is 1. The minimum atomic E-state index is -4.37. The fourth-order valence-corrected chi connectivity index (χ4v) is 5.26. The lowest BCUT2D eigenvalue weighted by Crippen LogP contribution is -2.46. The van der Waals surface area contributed by atoms with Crippen molar-refractivity contribution in [1.29, 1.82) is 0 Å². The summed E-state index contributed by atoms with van der Waals surface area (Å²) >= 11 is 0. The van der Waals surface area contributed by atoms with Crippen LogP contribution in [0.4, 0.5) is 29.5 Å². The van der Waals surface area contributed by atoms with E-state index in [1.165, 1.54) is 34.5 Å². The van der Waals surface area contributed by atoms with E-state index in [0.717, 1.165) is 51.2 Å². The van der Waals surface area contributed by atoms with Crippen LogP contribution in [0.25, 0.3) is 11.1 Å². The van der Waals surface area contributed by atoms with Crippen molar-refractivity contribution in [2.75, 3.05) is 50.0 Å². The molecule has 0 bridgehead atoms. The molecule has 0 unspecified atom stereocenters. The Kier molecular flexibility index (Phi) is 7.29. The summed E-state index contributed by atoms with van der Waals surface area (Å²) in [6.45, 7) is 7.31. The number of aromatic nitrogens is 1. The normalized spacial score (nSPS) is 16.3. The number of rotatable bonds is 4. The Morgan fingerprint density at radius 1 is 0.921 bits per heavy atom. The predicted octanol–water partition coefficient (Wildman–Crippen LogP) is 5.67. The predicted molar refractivity (Wildman–Crippen MR) is 143 cm³/mol. The van der Waals surface area contributed by atoms with Crippen molar-refractivity contribution < 1.29 is 18.0 Å². The molecule has 5 rings (SSSR count). The summed E-state index contributed by atoms with van der Waals surface area (Å²) in [5, 5.41) is 2.89. The van der Waals surface area contributed by atoms with Crippen molar-refractivity contribution in [2.24, 2.45) is 0 Å². The topological polar surface area (TPSA) is 51.7 Å². The number of hydrogen-bond acceptors (Lipinski definition) is 4. The maximum Gasteiger partial charge on any atom is 0.416 e. The molecule has 1 aromatic heterocycles. The second-order valence-corrected chi connectivity index (χ2v) is 9.95. The lowest BCUT2D eigenvalue weighted by atomic mass is 9.91. The molecular formula is C29H32F3N5O. The van der Waals surface area contributed by atoms with Crippen LogP contribution in [0.15, 0.2) is 54.7 Å². The number of benzene rings is 2. The van der Waals surface area contributed by atoms with Crippen LogP contribution < -0.4 is 10.2 Å². The fourth-order valence-electron chi connectivity index (χ4n) is 5.26. The zero-order valence-electron chi connectivity index (χ0n) is 21.7. The van der Waals surface area contributed by atoms with Crippen molar-refractivity contribution >= 4 is 17.5 Å². The average Bonchev–Trinajstić information content (AvgIpc) is 2.92. The number of pyridine rings is 1. The van der Waals surface area contributed by atoms with Crippen molar-refractivity contribution in [3.05, 3.63) is 77.0 Å². The number of amides is 2. The Labute approximate surface area is 221 Å². The van der Waals surface area contributed by atoms with E-state index in [1.54, 1.807) is 18.3 Å². The quantitative estimate of drug-likeness (QED) is 0.479. The number of anilines is 2. The minimum Gasteiger partial charge on any atom is -0.369 e. The van der Waals surface area contributed by atoms with Crippen LogP contribution in [0.5, 0.6) is 0 Å². The Balaban J connectivity index is 1.28. The summed E-state index contributed by atoms with van der Waals surface area (Å²) in [7, 11) is 2.14. The molecule has 0 atom stereocenters. The molecule has 0 saturated carbocycles. The van der Waals surface area contributed by atoms with Gasteiger partial charge in [0.15, 0.2) is 0 Å². The van der Waals surface area contributed by atoms with Gasteiger partial charge in [-0.15, -0.1) is 0 Å². The van der Waals surface area contributed by atoms with E-state index in [0.29, 0.717) is 30.0 Å². The zero-order valence-corrected chi connectivity index (χ0v) is 21.7. The highest BCUT2D eigenvalue weighted by molar-refractivity contribution is 5.89. The van der Waals surface area contributed by atoms with Gasteiger partial charge in [-0.05, 0) is 72.5 Å². The monoisotopic (exact) mass is 523 g/mol. The minimum absolute atomic E-state index is 0.211. The number of alkyl halides is 3. The number of carbonyl (C=O) groups is 1. The van der Waals surface area contributed by atoms with Crippen LogP contribution in [-0.2, 0) is 25.6 Å². The largest absolute Gasteiger partial charge is 0.416 e. The van der Waals surface area contributed by atoms with Gasteiger partial charge >= 0.3 is 12.2 Å². The van der Waals surface area contributed by atoms with E-state index in [9.17, 15) is 18.0 Å². The smallest absolute Gasteiger partial charge is 0.369 e. The van der Waals surface area contributed by atoms with E-state index >= 15 is 0 Å². The molecular weight excluding hydrogens is 491 g/mol. The lowest BCUT2D eigenvalue weighted by molar-refractivity contribution is -0.137. The molecule has 2 aromatic carbocycles. The first-order valence-electron chi connectivity index (χ1n) is 13.0. The molecule has 1 N–H and O–H groups in total. The second kappa shape index (κ2) is 10.6. The summed E-state index contributed by atoms with van der Waals surface area (Å²) in [6.07, 6.45) is -1.04. The molecule has 6 nitrogen and oxygen atoms in total. The van der Waals surface area contributed by atoms with Gasteiger partial charge in [-0.3, -0.25) is 5.32 Å². The van der Waals surface area contributed by atoms with E-state index in [1.807, 2.05) is 4.90 Å². The summed E-state index contributed by atoms with van der Waals surface area (Å²) in [5.41, 5.74) is 5.78. The lowest BCUT2D eigenvalue weighted by Gasteiger charge is -2.38. The van der Waals surface area contributed by atoms with Crippen molar-refractivity contribution in [3.63, 3.8) is 0 Å². The average molecular weight is 524 g/mol. The molecule has 3 aromatic rings. The Morgan fingerprint density at radius 2 is 1.63 bits per heavy atom. The summed E-state index contributed by atoms with van der Waals surface area (Å²) in [6, 6.07) is 12.6. The number of halogens is 3. The maximum atomic E-state index is 13.2. The highest BCUT2D eigenvalue weighted by Crippen LogP contribution is 2.33. The van der Waals surface area contributed by atoms with Gasteiger partial charge in [-0.1, -0.05) is 25.1 Å². The molecule has 0 aliphatic carbocycles. The Bertz CT molecular complexity index is 1280. The summed E-state index contributed by atoms with van der Waals surface area (Å²) < 4.78 is 38.5. The number of piperazine rings is 1. The first kappa shape index (κ1) is 26.0. The van der Waals surface area contributed by atoms with Crippen LogP contribution in [0, 0.1) is 0 Å². The molecule has 38 heavy (non-hydrogen) atoms. The van der Waals surface area contributed by atoms with Gasteiger partial charge < -0.3 is 14.7 Å². The Hall–Kier alpha value is -3.59. The highest BCUT2D eigenvalue weighted by atomic mass is 19.4. The number of aryl methyl sites for hydroxylation is 1. The van der Waals surface area contributed by atoms with E-state index in [-0.39, 0.29) is 6.03 Å². The van der Waals surface area contributed by atoms with Crippen molar-refractivity contribution in [1.82, 2.24) is 14.8 Å². The van der Waals surface area contributed by atoms with Gasteiger partial charge in [0.2, 0.25) is 0 Å². The van der Waals surface area contributed by atoms with Crippen molar-refractivity contribution in [2.45, 2.75) is 32.5 Å². The van der Waals surface area contributed by atoms with Gasteiger partial charge in [-0.2, -0.15) is 13.2 Å². The van der Waals surface area contributed by atoms with E-state index in [2.05, 4.69) is 46.2 Å². The van der Waals surface area contributed by atoms with Crippen LogP contribution >= 0.6 is 0 Å². The van der Waals surface area contributed by atoms with Crippen molar-refractivity contribution in [3.8, 4) is 11.1 Å². The molecule has 0 spiro atoms. The molecule has 1 saturated heterocycles. The second-order valence-electron chi connectivity index (χ2n) is 9.95. The third-order valence-electron chi connectivity index (χ3n) is 7.54. The fraction of sp³-hybridized carbons (Fsp3) is 0.379. The molecule has 1 fully saturated rings. The van der Waals surface area contributed by atoms with Gasteiger partial charge in [0.05, 0.1) is 5.56 Å². The van der Waals surface area contributed by atoms with Crippen LogP contribution in [0.1, 0.15) is 29.2 Å². The molecule has 9 heteroatoms. The number of nitrogens with zero attached hydrogens (tertiary/aromatic N) is 4. The van der Waals surface area contributed by atoms with Crippen LogP contribution in [0.2, 0.25) is 0 Å². The van der Waals surface area contributed by atoms with Crippen LogP contribution in [-0.4, -0.2) is 60.6 Å². The molecule has 2 aliphatic rings. The number of likely N-dealkylation sites (N-methyl/N-ethyl adjacent to an activating group) is 1. The van der Waals surface area contributed by atoms with Crippen LogP contribution in [0.3, 0.4) is 0 Å². The first-order chi connectivity index (χ1) is 18.2. The third-order valence-corrected chi connectivity index (χ3v) is 7.54. The number of fused-ring (bicyclic) bond motifs is 1. The number of hydrogen-bond donors (Lipinski definition) is 1. The van der Waals surface area contributed by atoms with Gasteiger partial charge in [0.1, 0.15) is 5.82 Å². The van der Waals surface area contributed by atoms with Gasteiger partial charge in [0, 0.05) is 56.7 Å². The molecule has 2 aliphatic heterocycles. The molecule has 200 valence electrons. The van der Waals surface area contributed by atoms with E-state index in [4.69, 9.17) is 0 Å². The standard InChI is InChI=1S/C29H32F3N5O/c1-3-20-6-10-26(36-16-14-35(2)15-17-36)25-19-37(13-12-24(20)25)28(38)34-27-11-7-22(18-33-27)21-4-8-23(9-5-21)29(30,31)32/h4-11,18H,3,12-17,19H2,1-2H3,(H,33,34,38). The highest BCUT2D eigenvalue weighted by Gasteiger charge is 2.30. The summed E-state index contributed by atoms with van der Waals surface area (Å²) in [5.74, 6) is 0.401. The maximum absolute atomic E-state index is 13.2. The zero-order chi connectivity index (χ0) is 26.9. The number of urea groups is 1. The van der Waals surface area contributed by atoms with Gasteiger partial charge in [-0.25, -0.2) is 9.78 Å². The summed E-state index contributed by atoms with van der Waals surface area (Å²) in [4.78, 5) is 24.1. The molecule has 3 heterocycles. The van der Waals surface area contributed by atoms with Gasteiger partial charge in [0.25, 0.3) is 0 Å².